The molecule has 1 aliphatic rings. The van der Waals surface area contributed by atoms with Crippen molar-refractivity contribution in [3.8, 4) is 11.3 Å². The molecule has 0 unspecified atom stereocenters. The number of hydrogen-bond donors (Lipinski definition) is 1. The highest BCUT2D eigenvalue weighted by atomic mass is 16.6. The number of carbonyl (C=O) groups excluding carboxylic acids is 1. The molecule has 0 aliphatic heterocycles. The van der Waals surface area contributed by atoms with Gasteiger partial charge < -0.3 is 14.6 Å². The van der Waals surface area contributed by atoms with Gasteiger partial charge in [0.1, 0.15) is 17.4 Å². The number of aromatic nitrogens is 2. The zero-order valence-corrected chi connectivity index (χ0v) is 22.7. The van der Waals surface area contributed by atoms with Gasteiger partial charge in [-0.2, -0.15) is 0 Å². The minimum absolute atomic E-state index is 0.0224. The van der Waals surface area contributed by atoms with Crippen LogP contribution in [-0.2, 0) is 6.42 Å². The van der Waals surface area contributed by atoms with Crippen molar-refractivity contribution >= 4 is 28.3 Å². The predicted octanol–water partition coefficient (Wildman–Crippen LogP) is 6.20. The molecule has 5 rings (SSSR count). The third-order valence-corrected chi connectivity index (χ3v) is 7.38. The maximum atomic E-state index is 12.7. The van der Waals surface area contributed by atoms with Gasteiger partial charge in [0.05, 0.1) is 10.4 Å². The Hall–Kier alpha value is -4.53. The molecule has 1 amide bonds. The topological polar surface area (TPSA) is 114 Å². The third kappa shape index (κ3) is 6.36. The molecular formula is C31H33N5O4. The number of amides is 1. The number of fused-ring (bicyclic) bond motifs is 1. The molecule has 1 saturated carbocycles. The second kappa shape index (κ2) is 12.1. The van der Waals surface area contributed by atoms with Crippen LogP contribution in [0.25, 0.3) is 22.2 Å². The fourth-order valence-corrected chi connectivity index (χ4v) is 5.20. The van der Waals surface area contributed by atoms with Crippen LogP contribution in [0.1, 0.15) is 42.1 Å². The first-order valence-electron chi connectivity index (χ1n) is 13.6. The summed E-state index contributed by atoms with van der Waals surface area (Å²) < 4.78 is 5.69. The lowest BCUT2D eigenvalue weighted by atomic mass is 9.82. The van der Waals surface area contributed by atoms with Crippen molar-refractivity contribution in [2.75, 3.05) is 25.5 Å². The Morgan fingerprint density at radius 2 is 1.88 bits per heavy atom. The van der Waals surface area contributed by atoms with E-state index in [1.807, 2.05) is 37.2 Å². The number of para-hydroxylation sites is 1. The zero-order chi connectivity index (χ0) is 28.1. The van der Waals surface area contributed by atoms with Gasteiger partial charge in [-0.15, -0.1) is 0 Å². The molecule has 2 aromatic carbocycles. The van der Waals surface area contributed by atoms with Crippen LogP contribution in [0, 0.1) is 22.0 Å². The van der Waals surface area contributed by atoms with Gasteiger partial charge in [-0.3, -0.25) is 14.9 Å². The molecule has 9 heteroatoms. The zero-order valence-electron chi connectivity index (χ0n) is 22.7. The van der Waals surface area contributed by atoms with Crippen molar-refractivity contribution < 1.29 is 14.1 Å². The number of nitro groups is 1. The van der Waals surface area contributed by atoms with Crippen LogP contribution in [0.15, 0.2) is 77.2 Å². The molecule has 4 aromatic rings. The summed E-state index contributed by atoms with van der Waals surface area (Å²) in [6.45, 7) is 0.598. The summed E-state index contributed by atoms with van der Waals surface area (Å²) in [6, 6.07) is 17.5. The van der Waals surface area contributed by atoms with Crippen molar-refractivity contribution in [1.29, 1.82) is 0 Å². The predicted molar refractivity (Wildman–Crippen MR) is 155 cm³/mol. The van der Waals surface area contributed by atoms with Gasteiger partial charge in [0.15, 0.2) is 5.76 Å². The van der Waals surface area contributed by atoms with Crippen LogP contribution in [0.3, 0.4) is 0 Å². The maximum Gasteiger partial charge on any atom is 0.287 e. The fraction of sp³-hybridized carbons (Fsp3) is 0.323. The summed E-state index contributed by atoms with van der Waals surface area (Å²) in [7, 11) is 4.00. The number of nitro benzene ring substituents is 1. The van der Waals surface area contributed by atoms with Crippen molar-refractivity contribution in [3.63, 3.8) is 0 Å². The van der Waals surface area contributed by atoms with E-state index in [1.165, 1.54) is 12.1 Å². The first kappa shape index (κ1) is 27.1. The highest BCUT2D eigenvalue weighted by Gasteiger charge is 2.21. The largest absolute Gasteiger partial charge is 0.451 e. The average Bonchev–Trinajstić information content (AvgIpc) is 3.47. The van der Waals surface area contributed by atoms with E-state index in [-0.39, 0.29) is 17.4 Å². The molecule has 9 nitrogen and oxygen atoms in total. The number of benzene rings is 2. The summed E-state index contributed by atoms with van der Waals surface area (Å²) in [5.74, 6) is 3.05. The second-order valence-corrected chi connectivity index (χ2v) is 10.5. The van der Waals surface area contributed by atoms with E-state index in [2.05, 4.69) is 23.5 Å². The Labute approximate surface area is 233 Å². The number of anilines is 1. The summed E-state index contributed by atoms with van der Waals surface area (Å²) in [5.41, 5.74) is 1.50. The Balaban J connectivity index is 1.09. The van der Waals surface area contributed by atoms with Crippen molar-refractivity contribution in [2.24, 2.45) is 11.8 Å². The smallest absolute Gasteiger partial charge is 0.287 e. The number of nitrogens with zero attached hydrogens (tertiary/aromatic N) is 4. The van der Waals surface area contributed by atoms with E-state index >= 15 is 0 Å². The molecule has 0 spiro atoms. The maximum absolute atomic E-state index is 12.7. The number of non-ortho nitro benzene ring substituents is 1. The van der Waals surface area contributed by atoms with Crippen LogP contribution in [-0.4, -0.2) is 41.4 Å². The first-order valence-corrected chi connectivity index (χ1v) is 13.6. The molecule has 0 atom stereocenters. The lowest BCUT2D eigenvalue weighted by Gasteiger charge is -2.26. The summed E-state index contributed by atoms with van der Waals surface area (Å²) in [6.07, 6.45) is 9.43. The monoisotopic (exact) mass is 539 g/mol. The minimum atomic E-state index is -0.454. The SMILES string of the molecule is CN(C)c1nc(C/C=C/C2CCC(CNC(=O)c3ccc(-c4cccc([N+](=O)[O-])c4)o3)CC2)nc2ccccc12. The normalized spacial score (nSPS) is 17.2. The van der Waals surface area contributed by atoms with Crippen LogP contribution >= 0.6 is 0 Å². The van der Waals surface area contributed by atoms with E-state index in [0.29, 0.717) is 36.1 Å². The highest BCUT2D eigenvalue weighted by Crippen LogP contribution is 2.30. The Morgan fingerprint density at radius 1 is 1.07 bits per heavy atom. The molecule has 1 fully saturated rings. The van der Waals surface area contributed by atoms with Crippen LogP contribution in [0.5, 0.6) is 0 Å². The Kier molecular flexibility index (Phi) is 8.19. The number of allylic oxidation sites excluding steroid dienone is 2. The van der Waals surface area contributed by atoms with Crippen molar-refractivity contribution in [3.05, 3.63) is 94.5 Å². The van der Waals surface area contributed by atoms with Gasteiger partial charge in [0.25, 0.3) is 11.6 Å². The number of nitrogens with one attached hydrogen (secondary N) is 1. The molecule has 0 saturated heterocycles. The number of rotatable bonds is 9. The summed E-state index contributed by atoms with van der Waals surface area (Å²) in [5, 5.41) is 15.1. The van der Waals surface area contributed by atoms with E-state index in [1.54, 1.807) is 24.3 Å². The minimum Gasteiger partial charge on any atom is -0.451 e. The summed E-state index contributed by atoms with van der Waals surface area (Å²) in [4.78, 5) is 34.8. The van der Waals surface area contributed by atoms with Crippen LogP contribution in [0.4, 0.5) is 11.5 Å². The molecular weight excluding hydrogens is 506 g/mol. The van der Waals surface area contributed by atoms with Crippen LogP contribution in [0.2, 0.25) is 0 Å². The van der Waals surface area contributed by atoms with Crippen LogP contribution < -0.4 is 10.2 Å². The lowest BCUT2D eigenvalue weighted by molar-refractivity contribution is -0.384. The summed E-state index contributed by atoms with van der Waals surface area (Å²) >= 11 is 0. The Bertz CT molecular complexity index is 1540. The van der Waals surface area contributed by atoms with Crippen molar-refractivity contribution in [1.82, 2.24) is 15.3 Å². The van der Waals surface area contributed by atoms with Gasteiger partial charge in [-0.25, -0.2) is 9.97 Å². The van der Waals surface area contributed by atoms with E-state index in [0.717, 1.165) is 48.2 Å². The standard InChI is InChI=1S/C31H33N5O4/c1-35(2)30-25-10-3-4-11-26(25)33-29(34-30)12-5-7-21-13-15-22(16-14-21)20-32-31(37)28-18-17-27(40-28)23-8-6-9-24(19-23)36(38)39/h3-11,17-19,21-22H,12-16,20H2,1-2H3,(H,32,37)/b7-5+. The number of hydrogen-bond acceptors (Lipinski definition) is 7. The van der Waals surface area contributed by atoms with Gasteiger partial charge in [0.2, 0.25) is 0 Å². The first-order chi connectivity index (χ1) is 19.4. The molecule has 2 heterocycles. The molecule has 206 valence electrons. The molecule has 2 aromatic heterocycles. The number of carbonyl (C=O) groups is 1. The quantitative estimate of drug-likeness (QED) is 0.153. The van der Waals surface area contributed by atoms with Crippen molar-refractivity contribution in [2.45, 2.75) is 32.1 Å². The van der Waals surface area contributed by atoms with E-state index in [9.17, 15) is 14.9 Å². The lowest BCUT2D eigenvalue weighted by Crippen LogP contribution is -2.30. The average molecular weight is 540 g/mol. The number of furan rings is 1. The van der Waals surface area contributed by atoms with Gasteiger partial charge in [0, 0.05) is 50.1 Å². The Morgan fingerprint density at radius 3 is 2.65 bits per heavy atom. The van der Waals surface area contributed by atoms with E-state index in [4.69, 9.17) is 14.4 Å². The third-order valence-electron chi connectivity index (χ3n) is 7.38. The van der Waals surface area contributed by atoms with Gasteiger partial charge in [-0.05, 0) is 61.8 Å². The highest BCUT2D eigenvalue weighted by molar-refractivity contribution is 5.92. The van der Waals surface area contributed by atoms with E-state index < -0.39 is 4.92 Å². The molecule has 40 heavy (non-hydrogen) atoms. The molecule has 0 bridgehead atoms. The van der Waals surface area contributed by atoms with Gasteiger partial charge in [-0.1, -0.05) is 36.4 Å². The second-order valence-electron chi connectivity index (χ2n) is 10.5. The molecule has 1 aliphatic carbocycles. The molecule has 1 N–H and O–H groups in total. The fourth-order valence-electron chi connectivity index (χ4n) is 5.20. The molecule has 0 radical (unpaired) electrons. The van der Waals surface area contributed by atoms with Gasteiger partial charge >= 0.3 is 0 Å².